The largest absolute Gasteiger partial charge is 0.419 e. The highest BCUT2D eigenvalue weighted by atomic mass is 16.4. The number of benzene rings is 3. The Morgan fingerprint density at radius 2 is 1.77 bits per heavy atom. The van der Waals surface area contributed by atoms with Gasteiger partial charge in [0.2, 0.25) is 11.8 Å². The first-order chi connectivity index (χ1) is 16.9. The number of carbonyl (C=O) groups excluding carboxylic acids is 1. The Morgan fingerprint density at radius 1 is 1.00 bits per heavy atom. The molecule has 2 atom stereocenters. The summed E-state index contributed by atoms with van der Waals surface area (Å²) in [6.07, 6.45) is 2.13. The van der Waals surface area contributed by atoms with Crippen molar-refractivity contribution in [2.45, 2.75) is 37.8 Å². The first-order valence-electron chi connectivity index (χ1n) is 11.8. The predicted molar refractivity (Wildman–Crippen MR) is 136 cm³/mol. The Hall–Kier alpha value is -3.97. The quantitative estimate of drug-likeness (QED) is 0.397. The van der Waals surface area contributed by atoms with Gasteiger partial charge in [0.05, 0.1) is 11.6 Å². The summed E-state index contributed by atoms with van der Waals surface area (Å²) < 4.78 is 6.03. The molecule has 7 heteroatoms. The molecule has 2 unspecified atom stereocenters. The Morgan fingerprint density at radius 3 is 2.57 bits per heavy atom. The molecule has 1 amide bonds. The fraction of sp³-hybridized carbons (Fsp3) is 0.250. The van der Waals surface area contributed by atoms with Crippen molar-refractivity contribution in [3.05, 3.63) is 101 Å². The van der Waals surface area contributed by atoms with Crippen molar-refractivity contribution in [2.75, 3.05) is 12.4 Å². The zero-order valence-corrected chi connectivity index (χ0v) is 19.9. The fourth-order valence-corrected chi connectivity index (χ4v) is 4.55. The van der Waals surface area contributed by atoms with Crippen LogP contribution in [0.1, 0.15) is 52.3 Å². The summed E-state index contributed by atoms with van der Waals surface area (Å²) in [5.74, 6) is 0.514. The average molecular weight is 468 g/mol. The first-order valence-corrected chi connectivity index (χ1v) is 11.8. The van der Waals surface area contributed by atoms with Gasteiger partial charge in [-0.2, -0.15) is 0 Å². The van der Waals surface area contributed by atoms with Gasteiger partial charge < -0.3 is 20.8 Å². The van der Waals surface area contributed by atoms with E-state index in [9.17, 15) is 4.79 Å². The minimum atomic E-state index is -0.839. The number of anilines is 1. The summed E-state index contributed by atoms with van der Waals surface area (Å²) in [7, 11) is 1.81. The second-order valence-electron chi connectivity index (χ2n) is 9.35. The molecule has 5 rings (SSSR count). The zero-order chi connectivity index (χ0) is 24.4. The lowest BCUT2D eigenvalue weighted by molar-refractivity contribution is 0.0934. The van der Waals surface area contributed by atoms with Crippen LogP contribution in [0.25, 0.3) is 11.5 Å². The standard InChI is InChI=1S/C28H29N5O2/c1-28(29)17-19-8-6-7-18(13-19)11-12-24(20-9-4-3-5-10-20)31-25(34)21-14-22(16-23(15-21)30-2)26-32-33-27(28)35-26/h3-10,13-16,24,30H,11-12,17,29H2,1-2H3,(H,31,34). The Labute approximate surface area is 204 Å². The van der Waals surface area contributed by atoms with Gasteiger partial charge in [-0.1, -0.05) is 54.6 Å². The van der Waals surface area contributed by atoms with E-state index in [1.165, 1.54) is 5.56 Å². The molecule has 4 N–H and O–H groups in total. The van der Waals surface area contributed by atoms with Crippen LogP contribution < -0.4 is 16.4 Å². The first kappa shape index (κ1) is 22.8. The molecule has 1 aliphatic rings. The molecule has 0 spiro atoms. The zero-order valence-electron chi connectivity index (χ0n) is 19.9. The molecule has 3 aromatic carbocycles. The van der Waals surface area contributed by atoms with Crippen LogP contribution in [0, 0.1) is 0 Å². The highest BCUT2D eigenvalue weighted by Gasteiger charge is 2.29. The van der Waals surface area contributed by atoms with Crippen LogP contribution in [-0.4, -0.2) is 23.2 Å². The highest BCUT2D eigenvalue weighted by molar-refractivity contribution is 5.96. The number of aryl methyl sites for hydroxylation is 1. The van der Waals surface area contributed by atoms with Crippen LogP contribution in [0.3, 0.4) is 0 Å². The van der Waals surface area contributed by atoms with Crippen LogP contribution in [-0.2, 0) is 18.4 Å². The van der Waals surface area contributed by atoms with Gasteiger partial charge in [-0.25, -0.2) is 0 Å². The second kappa shape index (κ2) is 9.35. The van der Waals surface area contributed by atoms with Gasteiger partial charge in [0.15, 0.2) is 0 Å². The lowest BCUT2D eigenvalue weighted by Gasteiger charge is -2.22. The molecule has 1 aromatic heterocycles. The van der Waals surface area contributed by atoms with E-state index in [1.807, 2.05) is 50.4 Å². The third-order valence-corrected chi connectivity index (χ3v) is 6.44. The number of aromatic nitrogens is 2. The summed E-state index contributed by atoms with van der Waals surface area (Å²) in [5, 5.41) is 14.9. The monoisotopic (exact) mass is 467 g/mol. The number of fused-ring (bicyclic) bond motifs is 7. The molecule has 178 valence electrons. The number of hydrogen-bond acceptors (Lipinski definition) is 6. The fourth-order valence-electron chi connectivity index (χ4n) is 4.55. The topological polar surface area (TPSA) is 106 Å². The maximum absolute atomic E-state index is 13.4. The third-order valence-electron chi connectivity index (χ3n) is 6.44. The number of carbonyl (C=O) groups is 1. The van der Waals surface area contributed by atoms with Gasteiger partial charge >= 0.3 is 0 Å². The van der Waals surface area contributed by atoms with E-state index in [-0.39, 0.29) is 11.9 Å². The molecule has 0 saturated carbocycles. The molecule has 4 aromatic rings. The van der Waals surface area contributed by atoms with E-state index in [0.717, 1.165) is 29.7 Å². The van der Waals surface area contributed by atoms with Gasteiger partial charge in [-0.15, -0.1) is 10.2 Å². The maximum atomic E-state index is 13.4. The molecule has 7 nitrogen and oxygen atoms in total. The SMILES string of the molecule is CNc1cc2cc(c1)-c1nnc(o1)C(C)(N)Cc1cccc(c1)CCC(c1ccccc1)NC2=O. The molecular weight excluding hydrogens is 438 g/mol. The van der Waals surface area contributed by atoms with Crippen LogP contribution in [0.5, 0.6) is 0 Å². The van der Waals surface area contributed by atoms with Gasteiger partial charge in [0.25, 0.3) is 5.91 Å². The van der Waals surface area contributed by atoms with Gasteiger partial charge in [-0.05, 0) is 61.1 Å². The normalized spacial score (nSPS) is 20.2. The number of nitrogens with zero attached hydrogens (tertiary/aromatic N) is 2. The van der Waals surface area contributed by atoms with Crippen molar-refractivity contribution in [1.29, 1.82) is 0 Å². The maximum Gasteiger partial charge on any atom is 0.251 e. The number of nitrogens with one attached hydrogen (secondary N) is 2. The Balaban J connectivity index is 1.61. The highest BCUT2D eigenvalue weighted by Crippen LogP contribution is 2.29. The number of rotatable bonds is 2. The molecule has 0 radical (unpaired) electrons. The predicted octanol–water partition coefficient (Wildman–Crippen LogP) is 4.61. The van der Waals surface area contributed by atoms with E-state index in [2.05, 4.69) is 51.2 Å². The van der Waals surface area contributed by atoms with Crippen molar-refractivity contribution < 1.29 is 9.21 Å². The number of hydrogen-bond donors (Lipinski definition) is 3. The summed E-state index contributed by atoms with van der Waals surface area (Å²) in [6, 6.07) is 23.8. The van der Waals surface area contributed by atoms with Crippen molar-refractivity contribution >= 4 is 11.6 Å². The minimum Gasteiger partial charge on any atom is -0.419 e. The molecule has 6 bridgehead atoms. The summed E-state index contributed by atoms with van der Waals surface area (Å²) in [5.41, 5.74) is 11.1. The molecular formula is C28H29N5O2. The van der Waals surface area contributed by atoms with E-state index in [1.54, 1.807) is 6.07 Å². The number of amides is 1. The van der Waals surface area contributed by atoms with Gasteiger partial charge in [0.1, 0.15) is 0 Å². The molecule has 35 heavy (non-hydrogen) atoms. The molecule has 0 aliphatic carbocycles. The lowest BCUT2D eigenvalue weighted by atomic mass is 9.91. The van der Waals surface area contributed by atoms with Crippen LogP contribution in [0.2, 0.25) is 0 Å². The average Bonchev–Trinajstić information content (AvgIpc) is 3.38. The van der Waals surface area contributed by atoms with Gasteiger partial charge in [-0.3, -0.25) is 4.79 Å². The molecule has 2 heterocycles. The van der Waals surface area contributed by atoms with Crippen LogP contribution >= 0.6 is 0 Å². The van der Waals surface area contributed by atoms with Gasteiger partial charge in [0, 0.05) is 23.9 Å². The molecule has 1 aliphatic heterocycles. The van der Waals surface area contributed by atoms with Crippen molar-refractivity contribution in [2.24, 2.45) is 5.73 Å². The minimum absolute atomic E-state index is 0.142. The van der Waals surface area contributed by atoms with E-state index >= 15 is 0 Å². The Bertz CT molecular complexity index is 1350. The summed E-state index contributed by atoms with van der Waals surface area (Å²) in [6.45, 7) is 1.90. The van der Waals surface area contributed by atoms with E-state index in [0.29, 0.717) is 29.3 Å². The smallest absolute Gasteiger partial charge is 0.251 e. The van der Waals surface area contributed by atoms with Crippen molar-refractivity contribution in [3.8, 4) is 11.5 Å². The van der Waals surface area contributed by atoms with Crippen molar-refractivity contribution in [1.82, 2.24) is 15.5 Å². The number of nitrogens with two attached hydrogens (primary N) is 1. The third kappa shape index (κ3) is 4.95. The molecule has 0 saturated heterocycles. The van der Waals surface area contributed by atoms with E-state index in [4.69, 9.17) is 10.2 Å². The lowest BCUT2D eigenvalue weighted by Crippen LogP contribution is -2.36. The van der Waals surface area contributed by atoms with Crippen LogP contribution in [0.15, 0.2) is 77.2 Å². The summed E-state index contributed by atoms with van der Waals surface area (Å²) >= 11 is 0. The molecule has 0 fully saturated rings. The van der Waals surface area contributed by atoms with E-state index < -0.39 is 5.54 Å². The summed E-state index contributed by atoms with van der Waals surface area (Å²) in [4.78, 5) is 13.4. The second-order valence-corrected chi connectivity index (χ2v) is 9.35. The Kier molecular flexibility index (Phi) is 6.09. The van der Waals surface area contributed by atoms with Crippen molar-refractivity contribution in [3.63, 3.8) is 0 Å². The van der Waals surface area contributed by atoms with Crippen LogP contribution in [0.4, 0.5) is 5.69 Å².